The van der Waals surface area contributed by atoms with Crippen molar-refractivity contribution in [1.82, 2.24) is 0 Å². The molecule has 4 nitrogen and oxygen atoms in total. The average Bonchev–Trinajstić information content (AvgIpc) is 3.31. The minimum Gasteiger partial charge on any atom is -0.493 e. The number of aryl methyl sites for hydroxylation is 1. The number of benzene rings is 2. The topological polar surface area (TPSA) is 42.2 Å². The highest BCUT2D eigenvalue weighted by Crippen LogP contribution is 2.20. The third kappa shape index (κ3) is 11.4. The molecule has 206 valence electrons. The molecule has 0 fully saturated rings. The van der Waals surface area contributed by atoms with Gasteiger partial charge in [0.2, 0.25) is 11.4 Å². The Labute approximate surface area is 234 Å². The highest BCUT2D eigenvalue weighted by Gasteiger charge is 2.12. The zero-order chi connectivity index (χ0) is 26.8. The van der Waals surface area contributed by atoms with E-state index in [0.717, 1.165) is 30.0 Å². The van der Waals surface area contributed by atoms with Crippen LogP contribution in [0.5, 0.6) is 5.75 Å². The van der Waals surface area contributed by atoms with Gasteiger partial charge in [-0.1, -0.05) is 119 Å². The number of thiazole rings is 1. The highest BCUT2D eigenvalue weighted by atomic mass is 32.1. The lowest BCUT2D eigenvalue weighted by Crippen LogP contribution is -2.34. The second-order valence-electron chi connectivity index (χ2n) is 10.4. The molecule has 3 aromatic rings. The first kappa shape index (κ1) is 29.9. The summed E-state index contributed by atoms with van der Waals surface area (Å²) in [7, 11) is 0. The Morgan fingerprint density at radius 3 is 2.24 bits per heavy atom. The van der Waals surface area contributed by atoms with Crippen LogP contribution in [-0.2, 0) is 17.8 Å². The largest absolute Gasteiger partial charge is 0.493 e. The molecule has 5 heteroatoms. The van der Waals surface area contributed by atoms with Crippen LogP contribution in [0.3, 0.4) is 0 Å². The molecule has 0 aliphatic rings. The quantitative estimate of drug-likeness (QED) is 0.123. The molecule has 0 atom stereocenters. The van der Waals surface area contributed by atoms with Crippen LogP contribution in [0.2, 0.25) is 0 Å². The van der Waals surface area contributed by atoms with Crippen molar-refractivity contribution >= 4 is 22.9 Å². The van der Waals surface area contributed by atoms with Crippen LogP contribution in [0.4, 0.5) is 5.69 Å². The van der Waals surface area contributed by atoms with Crippen LogP contribution in [0.15, 0.2) is 59.4 Å². The lowest BCUT2D eigenvalue weighted by Gasteiger charge is -2.12. The fourth-order valence-electron chi connectivity index (χ4n) is 4.75. The van der Waals surface area contributed by atoms with Crippen LogP contribution in [0.25, 0.3) is 0 Å². The molecule has 0 saturated heterocycles. The van der Waals surface area contributed by atoms with E-state index in [-0.39, 0.29) is 5.91 Å². The number of carbonyl (C=O) groups is 1. The van der Waals surface area contributed by atoms with Gasteiger partial charge in [0.15, 0.2) is 12.2 Å². The number of hydrogen-bond acceptors (Lipinski definition) is 3. The number of para-hydroxylation sites is 1. The molecule has 0 aliphatic carbocycles. The van der Waals surface area contributed by atoms with E-state index in [1.165, 1.54) is 81.9 Å². The molecular formula is C33H47N2O2S+. The molecule has 1 N–H and O–H groups in total. The third-order valence-corrected chi connectivity index (χ3v) is 7.88. The van der Waals surface area contributed by atoms with Gasteiger partial charge in [-0.2, -0.15) is 4.57 Å². The Hall–Kier alpha value is -2.66. The summed E-state index contributed by atoms with van der Waals surface area (Å²) in [6.45, 7) is 5.89. The zero-order valence-corrected chi connectivity index (χ0v) is 24.4. The monoisotopic (exact) mass is 535 g/mol. The molecule has 38 heavy (non-hydrogen) atoms. The SMILES string of the molecule is CCCCCCCCCCCCCCOc1ccccc1CC(=O)Nc1cccc(C[n+]2cscc2C)c1. The number of hydrogen-bond donors (Lipinski definition) is 1. The van der Waals surface area contributed by atoms with Crippen molar-refractivity contribution in [3.8, 4) is 5.75 Å². The fourth-order valence-corrected chi connectivity index (χ4v) is 5.53. The first-order valence-electron chi connectivity index (χ1n) is 14.7. The summed E-state index contributed by atoms with van der Waals surface area (Å²) in [6, 6.07) is 16.0. The van der Waals surface area contributed by atoms with Gasteiger partial charge in [0, 0.05) is 23.7 Å². The molecule has 1 heterocycles. The van der Waals surface area contributed by atoms with Crippen LogP contribution in [-0.4, -0.2) is 12.5 Å². The number of ether oxygens (including phenoxy) is 1. The molecule has 3 rings (SSSR count). The normalized spacial score (nSPS) is 11.0. The maximum Gasteiger partial charge on any atom is 0.228 e. The van der Waals surface area contributed by atoms with Gasteiger partial charge in [-0.15, -0.1) is 0 Å². The third-order valence-electron chi connectivity index (χ3n) is 7.02. The second-order valence-corrected chi connectivity index (χ2v) is 11.1. The van der Waals surface area contributed by atoms with Gasteiger partial charge >= 0.3 is 0 Å². The van der Waals surface area contributed by atoms with E-state index >= 15 is 0 Å². The van der Waals surface area contributed by atoms with E-state index in [9.17, 15) is 4.79 Å². The molecule has 0 spiro atoms. The van der Waals surface area contributed by atoms with Gasteiger partial charge in [-0.05, 0) is 24.6 Å². The number of carbonyl (C=O) groups excluding carboxylic acids is 1. The Morgan fingerprint density at radius 2 is 1.55 bits per heavy atom. The summed E-state index contributed by atoms with van der Waals surface area (Å²) >= 11 is 1.70. The van der Waals surface area contributed by atoms with Crippen molar-refractivity contribution in [2.45, 2.75) is 104 Å². The van der Waals surface area contributed by atoms with E-state index in [0.29, 0.717) is 13.0 Å². The lowest BCUT2D eigenvalue weighted by atomic mass is 10.1. The van der Waals surface area contributed by atoms with Gasteiger partial charge in [0.05, 0.1) is 18.4 Å². The predicted octanol–water partition coefficient (Wildman–Crippen LogP) is 8.65. The molecule has 0 radical (unpaired) electrons. The van der Waals surface area contributed by atoms with Crippen molar-refractivity contribution < 1.29 is 14.1 Å². The standard InChI is InChI=1S/C33H46N2O2S/c1-3-4-5-6-7-8-9-10-11-12-13-16-22-37-32-21-15-14-19-30(32)24-33(36)34-31-20-17-18-29(23-31)25-35-27-38-26-28(35)2/h14-15,17-21,23,26-27H,3-13,16,22,24-25H2,1-2H3/p+1. The minimum absolute atomic E-state index is 0.0251. The number of amides is 1. The molecule has 0 unspecified atom stereocenters. The number of rotatable bonds is 19. The van der Waals surface area contributed by atoms with Crippen molar-refractivity contribution in [2.24, 2.45) is 0 Å². The maximum atomic E-state index is 12.8. The summed E-state index contributed by atoms with van der Waals surface area (Å²) in [5.74, 6) is 0.798. The number of anilines is 1. The summed E-state index contributed by atoms with van der Waals surface area (Å²) < 4.78 is 8.31. The van der Waals surface area contributed by atoms with Crippen LogP contribution < -0.4 is 14.6 Å². The number of nitrogens with zero attached hydrogens (tertiary/aromatic N) is 1. The van der Waals surface area contributed by atoms with E-state index < -0.39 is 0 Å². The average molecular weight is 536 g/mol. The van der Waals surface area contributed by atoms with Crippen molar-refractivity contribution in [1.29, 1.82) is 0 Å². The first-order chi connectivity index (χ1) is 18.7. The molecule has 1 aromatic heterocycles. The Bertz CT molecular complexity index is 1080. The predicted molar refractivity (Wildman–Crippen MR) is 160 cm³/mol. The van der Waals surface area contributed by atoms with Crippen molar-refractivity contribution in [2.75, 3.05) is 11.9 Å². The summed E-state index contributed by atoms with van der Waals surface area (Å²) in [5, 5.41) is 5.21. The van der Waals surface area contributed by atoms with E-state index in [2.05, 4.69) is 46.8 Å². The molecule has 0 aliphatic heterocycles. The number of nitrogens with one attached hydrogen (secondary N) is 1. The van der Waals surface area contributed by atoms with Gasteiger partial charge in [-0.3, -0.25) is 4.79 Å². The highest BCUT2D eigenvalue weighted by molar-refractivity contribution is 7.07. The van der Waals surface area contributed by atoms with Gasteiger partial charge in [-0.25, -0.2) is 0 Å². The Kier molecular flexibility index (Phi) is 14.0. The van der Waals surface area contributed by atoms with Crippen molar-refractivity contribution in [3.63, 3.8) is 0 Å². The Morgan fingerprint density at radius 1 is 0.868 bits per heavy atom. The smallest absolute Gasteiger partial charge is 0.228 e. The summed E-state index contributed by atoms with van der Waals surface area (Å²) in [6.07, 6.45) is 16.3. The van der Waals surface area contributed by atoms with Crippen LogP contribution >= 0.6 is 11.3 Å². The van der Waals surface area contributed by atoms with E-state index in [1.54, 1.807) is 11.3 Å². The molecule has 1 amide bonds. The van der Waals surface area contributed by atoms with Gasteiger partial charge in [0.25, 0.3) is 0 Å². The molecule has 0 saturated carbocycles. The van der Waals surface area contributed by atoms with Gasteiger partial charge < -0.3 is 10.1 Å². The molecular weight excluding hydrogens is 488 g/mol. The lowest BCUT2D eigenvalue weighted by molar-refractivity contribution is -0.689. The van der Waals surface area contributed by atoms with E-state index in [4.69, 9.17) is 4.74 Å². The number of aromatic nitrogens is 1. The maximum absolute atomic E-state index is 12.8. The summed E-state index contributed by atoms with van der Waals surface area (Å²) in [5.41, 5.74) is 6.29. The number of unbranched alkanes of at least 4 members (excludes halogenated alkanes) is 11. The minimum atomic E-state index is -0.0251. The van der Waals surface area contributed by atoms with Gasteiger partial charge in [0.1, 0.15) is 5.75 Å². The second kappa shape index (κ2) is 17.8. The molecule has 0 bridgehead atoms. The molecule has 2 aromatic carbocycles. The summed E-state index contributed by atoms with van der Waals surface area (Å²) in [4.78, 5) is 12.8. The fraction of sp³-hybridized carbons (Fsp3) is 0.515. The van der Waals surface area contributed by atoms with Crippen molar-refractivity contribution in [3.05, 3.63) is 76.2 Å². The van der Waals surface area contributed by atoms with Crippen LogP contribution in [0.1, 0.15) is 101 Å². The first-order valence-corrected chi connectivity index (χ1v) is 15.6. The van der Waals surface area contributed by atoms with Crippen LogP contribution in [0, 0.1) is 6.92 Å². The zero-order valence-electron chi connectivity index (χ0n) is 23.6. The Balaban J connectivity index is 1.33. The van der Waals surface area contributed by atoms with E-state index in [1.807, 2.05) is 36.4 Å².